The van der Waals surface area contributed by atoms with Gasteiger partial charge in [0.15, 0.2) is 0 Å². The molecule has 82 valence electrons. The second kappa shape index (κ2) is 5.58. The lowest BCUT2D eigenvalue weighted by Gasteiger charge is -2.10. The van der Waals surface area contributed by atoms with E-state index in [9.17, 15) is 0 Å². The van der Waals surface area contributed by atoms with E-state index in [0.29, 0.717) is 23.2 Å². The largest absolute Gasteiger partial charge is 0.496 e. The first kappa shape index (κ1) is 11.8. The molecule has 1 aromatic carbocycles. The minimum Gasteiger partial charge on any atom is -0.496 e. The van der Waals surface area contributed by atoms with Crippen molar-refractivity contribution in [2.75, 3.05) is 13.7 Å². The zero-order chi connectivity index (χ0) is 11.3. The average Bonchev–Trinajstić information content (AvgIpc) is 2.26. The molecule has 1 rings (SSSR count). The fourth-order valence-corrected chi connectivity index (χ4v) is 1.39. The maximum atomic E-state index is 5.85. The molecule has 15 heavy (non-hydrogen) atoms. The fourth-order valence-electron chi connectivity index (χ4n) is 1.23. The third-order valence-corrected chi connectivity index (χ3v) is 2.11. The molecule has 3 N–H and O–H groups in total. The van der Waals surface area contributed by atoms with Crippen LogP contribution in [-0.4, -0.2) is 19.5 Å². The minimum absolute atomic E-state index is 0.589. The number of hydrogen-bond donors (Lipinski definition) is 2. The van der Waals surface area contributed by atoms with Crippen molar-refractivity contribution in [1.82, 2.24) is 5.43 Å². The van der Waals surface area contributed by atoms with Gasteiger partial charge in [0.25, 0.3) is 0 Å². The van der Waals surface area contributed by atoms with Crippen LogP contribution in [0.4, 0.5) is 0 Å². The third kappa shape index (κ3) is 2.84. The van der Waals surface area contributed by atoms with Gasteiger partial charge in [0, 0.05) is 11.6 Å². The summed E-state index contributed by atoms with van der Waals surface area (Å²) >= 11 is 5.85. The molecular formula is C10H14ClN3O. The van der Waals surface area contributed by atoms with Crippen molar-refractivity contribution in [2.45, 2.75) is 6.92 Å². The molecule has 5 heteroatoms. The normalized spacial score (nSPS) is 11.3. The molecule has 0 spiro atoms. The van der Waals surface area contributed by atoms with E-state index in [1.54, 1.807) is 19.2 Å². The second-order valence-corrected chi connectivity index (χ2v) is 3.25. The highest BCUT2D eigenvalue weighted by Crippen LogP contribution is 2.23. The molecule has 0 aliphatic carbocycles. The molecule has 0 radical (unpaired) electrons. The van der Waals surface area contributed by atoms with Gasteiger partial charge in [-0.2, -0.15) is 0 Å². The van der Waals surface area contributed by atoms with Crippen LogP contribution in [-0.2, 0) is 0 Å². The maximum absolute atomic E-state index is 5.85. The Kier molecular flexibility index (Phi) is 4.39. The van der Waals surface area contributed by atoms with Crippen LogP contribution < -0.4 is 16.0 Å². The number of nitrogens with zero attached hydrogens (tertiary/aromatic N) is 1. The van der Waals surface area contributed by atoms with Crippen LogP contribution in [0.5, 0.6) is 5.75 Å². The van der Waals surface area contributed by atoms with Gasteiger partial charge in [-0.1, -0.05) is 11.6 Å². The Hall–Kier alpha value is -1.26. The van der Waals surface area contributed by atoms with Gasteiger partial charge in [-0.25, -0.2) is 5.84 Å². The van der Waals surface area contributed by atoms with Crippen molar-refractivity contribution in [3.05, 3.63) is 28.8 Å². The topological polar surface area (TPSA) is 59.6 Å². The van der Waals surface area contributed by atoms with Gasteiger partial charge < -0.3 is 10.2 Å². The number of halogens is 1. The molecule has 0 aliphatic heterocycles. The Balaban J connectivity index is 3.17. The summed E-state index contributed by atoms with van der Waals surface area (Å²) in [5.74, 6) is 6.62. The summed E-state index contributed by atoms with van der Waals surface area (Å²) in [4.78, 5) is 4.21. The van der Waals surface area contributed by atoms with Gasteiger partial charge in [0.05, 0.1) is 12.7 Å². The maximum Gasteiger partial charge on any atom is 0.146 e. The van der Waals surface area contributed by atoms with Gasteiger partial charge in [-0.15, -0.1) is 0 Å². The van der Waals surface area contributed by atoms with Crippen LogP contribution >= 0.6 is 11.6 Å². The van der Waals surface area contributed by atoms with E-state index in [1.165, 1.54) is 0 Å². The zero-order valence-corrected chi connectivity index (χ0v) is 9.51. The van der Waals surface area contributed by atoms with Crippen LogP contribution in [0.3, 0.4) is 0 Å². The number of benzene rings is 1. The Morgan fingerprint density at radius 2 is 2.33 bits per heavy atom. The van der Waals surface area contributed by atoms with Gasteiger partial charge in [0.1, 0.15) is 11.6 Å². The summed E-state index contributed by atoms with van der Waals surface area (Å²) < 4.78 is 5.19. The highest BCUT2D eigenvalue weighted by molar-refractivity contribution is 6.30. The van der Waals surface area contributed by atoms with Gasteiger partial charge in [0.2, 0.25) is 0 Å². The number of methoxy groups -OCH3 is 1. The minimum atomic E-state index is 0.589. The monoisotopic (exact) mass is 227 g/mol. The summed E-state index contributed by atoms with van der Waals surface area (Å²) in [6.07, 6.45) is 0. The quantitative estimate of drug-likeness (QED) is 0.357. The van der Waals surface area contributed by atoms with E-state index in [4.69, 9.17) is 22.2 Å². The first-order valence-corrected chi connectivity index (χ1v) is 4.95. The molecule has 4 nitrogen and oxygen atoms in total. The smallest absolute Gasteiger partial charge is 0.146 e. The average molecular weight is 228 g/mol. The molecule has 0 amide bonds. The summed E-state index contributed by atoms with van der Waals surface area (Å²) in [7, 11) is 1.58. The predicted molar refractivity (Wildman–Crippen MR) is 62.4 cm³/mol. The Bertz CT molecular complexity index is 366. The lowest BCUT2D eigenvalue weighted by Crippen LogP contribution is -2.31. The number of nitrogens with one attached hydrogen (secondary N) is 1. The van der Waals surface area contributed by atoms with E-state index in [1.807, 2.05) is 13.0 Å². The number of nitrogens with two attached hydrogens (primary N) is 1. The Morgan fingerprint density at radius 3 is 2.87 bits per heavy atom. The number of hydrogen-bond acceptors (Lipinski definition) is 3. The summed E-state index contributed by atoms with van der Waals surface area (Å²) in [6.45, 7) is 2.57. The molecule has 0 heterocycles. The fraction of sp³-hybridized carbons (Fsp3) is 0.300. The summed E-state index contributed by atoms with van der Waals surface area (Å²) in [5, 5.41) is 0.614. The number of amidine groups is 1. The SMILES string of the molecule is CCN=C(NN)c1ccc(Cl)cc1OC. The van der Waals surface area contributed by atoms with E-state index in [2.05, 4.69) is 10.4 Å². The number of aliphatic imine (C=N–C) groups is 1. The van der Waals surface area contributed by atoms with E-state index >= 15 is 0 Å². The van der Waals surface area contributed by atoms with E-state index in [-0.39, 0.29) is 0 Å². The highest BCUT2D eigenvalue weighted by Gasteiger charge is 2.08. The molecule has 0 bridgehead atoms. The van der Waals surface area contributed by atoms with Crippen LogP contribution in [0.2, 0.25) is 5.02 Å². The number of hydrazine groups is 1. The van der Waals surface area contributed by atoms with Gasteiger partial charge in [-0.05, 0) is 25.1 Å². The molecule has 0 saturated heterocycles. The second-order valence-electron chi connectivity index (χ2n) is 2.81. The van der Waals surface area contributed by atoms with Crippen molar-refractivity contribution in [3.8, 4) is 5.75 Å². The lowest BCUT2D eigenvalue weighted by molar-refractivity contribution is 0.413. The van der Waals surface area contributed by atoms with Gasteiger partial charge >= 0.3 is 0 Å². The summed E-state index contributed by atoms with van der Waals surface area (Å²) in [6, 6.07) is 5.30. The first-order chi connectivity index (χ1) is 7.22. The van der Waals surface area contributed by atoms with Crippen molar-refractivity contribution in [3.63, 3.8) is 0 Å². The van der Waals surface area contributed by atoms with Crippen LogP contribution in [0.15, 0.2) is 23.2 Å². The molecule has 1 aromatic rings. The van der Waals surface area contributed by atoms with Gasteiger partial charge in [-0.3, -0.25) is 4.99 Å². The van der Waals surface area contributed by atoms with E-state index in [0.717, 1.165) is 5.56 Å². The number of rotatable bonds is 3. The molecule has 0 fully saturated rings. The molecule has 0 atom stereocenters. The summed E-state index contributed by atoms with van der Waals surface area (Å²) in [5.41, 5.74) is 3.34. The molecular weight excluding hydrogens is 214 g/mol. The zero-order valence-electron chi connectivity index (χ0n) is 8.75. The Morgan fingerprint density at radius 1 is 1.60 bits per heavy atom. The molecule has 0 saturated carbocycles. The molecule has 0 aliphatic rings. The van der Waals surface area contributed by atoms with Crippen molar-refractivity contribution in [1.29, 1.82) is 0 Å². The Labute approximate surface area is 94.1 Å². The predicted octanol–water partition coefficient (Wildman–Crippen LogP) is 1.58. The number of ether oxygens (including phenoxy) is 1. The first-order valence-electron chi connectivity index (χ1n) is 4.58. The molecule has 0 aromatic heterocycles. The highest BCUT2D eigenvalue weighted by atomic mass is 35.5. The van der Waals surface area contributed by atoms with Crippen LogP contribution in [0, 0.1) is 0 Å². The van der Waals surface area contributed by atoms with Crippen molar-refractivity contribution in [2.24, 2.45) is 10.8 Å². The molecule has 0 unspecified atom stereocenters. The third-order valence-electron chi connectivity index (χ3n) is 1.87. The standard InChI is InChI=1S/C10H14ClN3O/c1-3-13-10(14-12)8-5-4-7(11)6-9(8)15-2/h4-6H,3,12H2,1-2H3,(H,13,14). The van der Waals surface area contributed by atoms with Crippen LogP contribution in [0.25, 0.3) is 0 Å². The van der Waals surface area contributed by atoms with Crippen molar-refractivity contribution >= 4 is 17.4 Å². The van der Waals surface area contributed by atoms with Crippen LogP contribution in [0.1, 0.15) is 12.5 Å². The lowest BCUT2D eigenvalue weighted by atomic mass is 10.2. The van der Waals surface area contributed by atoms with E-state index < -0.39 is 0 Å². The van der Waals surface area contributed by atoms with Crippen molar-refractivity contribution < 1.29 is 4.74 Å².